The summed E-state index contributed by atoms with van der Waals surface area (Å²) in [5.41, 5.74) is -0.424. The molecule has 0 saturated carbocycles. The molecule has 0 spiro atoms. The Morgan fingerprint density at radius 3 is 2.04 bits per heavy atom. The summed E-state index contributed by atoms with van der Waals surface area (Å²) in [4.78, 5) is 32.7. The molecule has 11 nitrogen and oxygen atoms in total. The molecule has 0 aliphatic rings. The van der Waals surface area contributed by atoms with Crippen LogP contribution < -0.4 is 14.2 Å². The summed E-state index contributed by atoms with van der Waals surface area (Å²) in [6, 6.07) is 7.26. The molecule has 1 atom stereocenters. The van der Waals surface area contributed by atoms with Crippen LogP contribution in [0.5, 0.6) is 17.2 Å². The highest BCUT2D eigenvalue weighted by Crippen LogP contribution is 2.38. The van der Waals surface area contributed by atoms with Gasteiger partial charge in [0.1, 0.15) is 11.9 Å². The molecule has 0 bridgehead atoms. The Balaban J connectivity index is 2.18. The van der Waals surface area contributed by atoms with Crippen LogP contribution in [-0.4, -0.2) is 30.2 Å². The average Bonchev–Trinajstić information content (AvgIpc) is 2.66. The first-order valence-electron chi connectivity index (χ1n) is 7.80. The third-order valence-electron chi connectivity index (χ3n) is 3.69. The second-order valence-electron chi connectivity index (χ2n) is 5.39. The van der Waals surface area contributed by atoms with Crippen LogP contribution in [0.4, 0.5) is 16.2 Å². The lowest BCUT2D eigenvalue weighted by molar-refractivity contribution is -0.386. The Hall–Kier alpha value is -3.89. The summed E-state index contributed by atoms with van der Waals surface area (Å²) >= 11 is 0. The number of hydrogen-bond donors (Lipinski definition) is 0. The van der Waals surface area contributed by atoms with Crippen molar-refractivity contribution >= 4 is 17.5 Å². The normalized spacial score (nSPS) is 11.2. The largest absolute Gasteiger partial charge is 0.514 e. The first-order valence-corrected chi connectivity index (χ1v) is 7.80. The number of nitro benzene ring substituents is 2. The Morgan fingerprint density at radius 1 is 0.964 bits per heavy atom. The third kappa shape index (κ3) is 4.63. The highest BCUT2D eigenvalue weighted by atomic mass is 16.7. The van der Waals surface area contributed by atoms with Crippen molar-refractivity contribution in [2.45, 2.75) is 13.0 Å². The Bertz CT molecular complexity index is 896. The fourth-order valence-corrected chi connectivity index (χ4v) is 2.33. The highest BCUT2D eigenvalue weighted by molar-refractivity contribution is 5.65. The van der Waals surface area contributed by atoms with Gasteiger partial charge in [0.2, 0.25) is 0 Å². The van der Waals surface area contributed by atoms with Crippen molar-refractivity contribution < 1.29 is 33.6 Å². The first kappa shape index (κ1) is 20.4. The number of hydrogen-bond acceptors (Lipinski definition) is 9. The van der Waals surface area contributed by atoms with Crippen LogP contribution in [0.15, 0.2) is 36.4 Å². The fourth-order valence-electron chi connectivity index (χ4n) is 2.33. The SMILES string of the molecule is COc1cc(C(C)OC(=O)Oc2ccc([N+](=O)[O-])cc2)c([N+](=O)[O-])cc1OC. The van der Waals surface area contributed by atoms with E-state index in [1.807, 2.05) is 0 Å². The molecule has 148 valence electrons. The summed E-state index contributed by atoms with van der Waals surface area (Å²) in [6.07, 6.45) is -2.18. The number of ether oxygens (including phenoxy) is 4. The van der Waals surface area contributed by atoms with Crippen molar-refractivity contribution in [3.8, 4) is 17.2 Å². The molecule has 0 saturated heterocycles. The first-order chi connectivity index (χ1) is 13.3. The number of non-ortho nitro benzene ring substituents is 1. The van der Waals surface area contributed by atoms with Gasteiger partial charge in [0.15, 0.2) is 11.5 Å². The van der Waals surface area contributed by atoms with Gasteiger partial charge in [-0.3, -0.25) is 20.2 Å². The van der Waals surface area contributed by atoms with E-state index in [1.54, 1.807) is 0 Å². The van der Waals surface area contributed by atoms with Crippen LogP contribution in [0.2, 0.25) is 0 Å². The minimum Gasteiger partial charge on any atom is -0.493 e. The van der Waals surface area contributed by atoms with Crippen LogP contribution >= 0.6 is 0 Å². The minimum atomic E-state index is -1.13. The standard InChI is InChI=1S/C17H16N2O9/c1-10(13-8-15(25-2)16(26-3)9-14(13)19(23)24)27-17(20)28-12-6-4-11(5-7-12)18(21)22/h4-10H,1-3H3. The zero-order chi connectivity index (χ0) is 20.8. The lowest BCUT2D eigenvalue weighted by Crippen LogP contribution is -2.14. The van der Waals surface area contributed by atoms with Crippen molar-refractivity contribution in [1.29, 1.82) is 0 Å². The Kier molecular flexibility index (Phi) is 6.32. The number of carbonyl (C=O) groups excluding carboxylic acids is 1. The molecular weight excluding hydrogens is 376 g/mol. The molecule has 0 radical (unpaired) electrons. The summed E-state index contributed by atoms with van der Waals surface area (Å²) in [5.74, 6) is 0.394. The zero-order valence-corrected chi connectivity index (χ0v) is 15.1. The van der Waals surface area contributed by atoms with E-state index < -0.39 is 22.1 Å². The summed E-state index contributed by atoms with van der Waals surface area (Å²) in [5, 5.41) is 22.0. The Morgan fingerprint density at radius 2 is 1.54 bits per heavy atom. The fraction of sp³-hybridized carbons (Fsp3) is 0.235. The molecule has 0 aliphatic heterocycles. The summed E-state index contributed by atoms with van der Waals surface area (Å²) in [7, 11) is 2.70. The molecule has 2 aromatic rings. The second kappa shape index (κ2) is 8.66. The van der Waals surface area contributed by atoms with Crippen LogP contribution in [0.3, 0.4) is 0 Å². The number of nitrogens with zero attached hydrogens (tertiary/aromatic N) is 2. The van der Waals surface area contributed by atoms with Crippen LogP contribution in [0, 0.1) is 20.2 Å². The predicted octanol–water partition coefficient (Wildman–Crippen LogP) is 3.80. The zero-order valence-electron chi connectivity index (χ0n) is 15.1. The number of benzene rings is 2. The summed E-state index contributed by atoms with van der Waals surface area (Å²) < 4.78 is 20.2. The number of rotatable bonds is 7. The van der Waals surface area contributed by atoms with Gasteiger partial charge in [-0.15, -0.1) is 0 Å². The molecule has 0 aliphatic carbocycles. The maximum Gasteiger partial charge on any atom is 0.514 e. The van der Waals surface area contributed by atoms with Gasteiger partial charge in [0, 0.05) is 12.1 Å². The minimum absolute atomic E-state index is 0.0182. The lowest BCUT2D eigenvalue weighted by Gasteiger charge is -2.16. The third-order valence-corrected chi connectivity index (χ3v) is 3.69. The summed E-state index contributed by atoms with van der Waals surface area (Å²) in [6.45, 7) is 1.42. The molecule has 0 aromatic heterocycles. The van der Waals surface area contributed by atoms with E-state index in [0.29, 0.717) is 0 Å². The van der Waals surface area contributed by atoms with E-state index in [9.17, 15) is 25.0 Å². The molecule has 0 fully saturated rings. The van der Waals surface area contributed by atoms with Gasteiger partial charge in [-0.2, -0.15) is 0 Å². The molecular formula is C17H16N2O9. The van der Waals surface area contributed by atoms with Gasteiger partial charge in [0.25, 0.3) is 11.4 Å². The quantitative estimate of drug-likeness (QED) is 0.298. The monoisotopic (exact) mass is 392 g/mol. The molecule has 28 heavy (non-hydrogen) atoms. The Labute approximate surface area is 158 Å². The van der Waals surface area contributed by atoms with Gasteiger partial charge >= 0.3 is 6.16 Å². The van der Waals surface area contributed by atoms with E-state index in [0.717, 1.165) is 18.2 Å². The highest BCUT2D eigenvalue weighted by Gasteiger charge is 2.26. The van der Waals surface area contributed by atoms with E-state index >= 15 is 0 Å². The predicted molar refractivity (Wildman–Crippen MR) is 94.8 cm³/mol. The number of carbonyl (C=O) groups is 1. The number of nitro groups is 2. The van der Waals surface area contributed by atoms with Crippen LogP contribution in [-0.2, 0) is 4.74 Å². The van der Waals surface area contributed by atoms with Crippen molar-refractivity contribution in [2.75, 3.05) is 14.2 Å². The van der Waals surface area contributed by atoms with Crippen molar-refractivity contribution in [3.63, 3.8) is 0 Å². The smallest absolute Gasteiger partial charge is 0.493 e. The van der Waals surface area contributed by atoms with Crippen LogP contribution in [0.1, 0.15) is 18.6 Å². The topological polar surface area (TPSA) is 140 Å². The molecule has 11 heteroatoms. The second-order valence-corrected chi connectivity index (χ2v) is 5.39. The van der Waals surface area contributed by atoms with E-state index in [4.69, 9.17) is 18.9 Å². The molecule has 2 rings (SSSR count). The van der Waals surface area contributed by atoms with Gasteiger partial charge in [-0.25, -0.2) is 4.79 Å². The maximum absolute atomic E-state index is 12.0. The van der Waals surface area contributed by atoms with Gasteiger partial charge in [0.05, 0.1) is 35.7 Å². The van der Waals surface area contributed by atoms with Crippen molar-refractivity contribution in [1.82, 2.24) is 0 Å². The molecule has 0 N–H and O–H groups in total. The average molecular weight is 392 g/mol. The molecule has 0 heterocycles. The van der Waals surface area contributed by atoms with Crippen molar-refractivity contribution in [3.05, 3.63) is 62.2 Å². The van der Waals surface area contributed by atoms with Crippen LogP contribution in [0.25, 0.3) is 0 Å². The molecule has 1 unspecified atom stereocenters. The maximum atomic E-state index is 12.0. The molecule has 0 amide bonds. The lowest BCUT2D eigenvalue weighted by atomic mass is 10.1. The van der Waals surface area contributed by atoms with Gasteiger partial charge in [-0.1, -0.05) is 0 Å². The van der Waals surface area contributed by atoms with Gasteiger partial charge < -0.3 is 18.9 Å². The number of methoxy groups -OCH3 is 2. The molecule has 2 aromatic carbocycles. The van der Waals surface area contributed by atoms with Crippen molar-refractivity contribution in [2.24, 2.45) is 0 Å². The van der Waals surface area contributed by atoms with E-state index in [-0.39, 0.29) is 34.2 Å². The van der Waals surface area contributed by atoms with E-state index in [2.05, 4.69) is 0 Å². The van der Waals surface area contributed by atoms with Gasteiger partial charge in [-0.05, 0) is 25.1 Å². The van der Waals surface area contributed by atoms with E-state index in [1.165, 1.54) is 39.3 Å².